The summed E-state index contributed by atoms with van der Waals surface area (Å²) in [5.41, 5.74) is 0.970. The zero-order chi connectivity index (χ0) is 17.4. The Hall–Kier alpha value is -2.14. The van der Waals surface area contributed by atoms with Gasteiger partial charge >= 0.3 is 11.9 Å². The summed E-state index contributed by atoms with van der Waals surface area (Å²) in [5.74, 6) is -0.474. The molecule has 5 heteroatoms. The Morgan fingerprint density at radius 1 is 1.29 bits per heavy atom. The Kier molecular flexibility index (Phi) is 7.00. The van der Waals surface area contributed by atoms with E-state index in [9.17, 15) is 9.59 Å². The molecule has 0 bridgehead atoms. The molecule has 0 amide bonds. The third kappa shape index (κ3) is 5.49. The lowest BCUT2D eigenvalue weighted by Crippen LogP contribution is -2.42. The molecule has 1 aliphatic heterocycles. The number of hydrogen-bond acceptors (Lipinski definition) is 5. The molecule has 0 aromatic heterocycles. The van der Waals surface area contributed by atoms with Crippen LogP contribution in [0.5, 0.6) is 0 Å². The van der Waals surface area contributed by atoms with Crippen LogP contribution in [-0.4, -0.2) is 43.1 Å². The summed E-state index contributed by atoms with van der Waals surface area (Å²) >= 11 is 0. The number of hydrogen-bond donors (Lipinski definition) is 0. The SMILES string of the molecule is COC(=O)[C@H]1CCN(C/C=C/C(=O)OCc2ccccc2)[C@@H](C)C1. The van der Waals surface area contributed by atoms with E-state index in [4.69, 9.17) is 9.47 Å². The van der Waals surface area contributed by atoms with Crippen LogP contribution in [0.1, 0.15) is 25.3 Å². The zero-order valence-corrected chi connectivity index (χ0v) is 14.3. The van der Waals surface area contributed by atoms with Crippen molar-refractivity contribution in [1.82, 2.24) is 4.90 Å². The smallest absolute Gasteiger partial charge is 0.330 e. The van der Waals surface area contributed by atoms with E-state index in [0.717, 1.165) is 24.9 Å². The van der Waals surface area contributed by atoms with Crippen LogP contribution >= 0.6 is 0 Å². The highest BCUT2D eigenvalue weighted by molar-refractivity contribution is 5.81. The fraction of sp³-hybridized carbons (Fsp3) is 0.474. The lowest BCUT2D eigenvalue weighted by Gasteiger charge is -2.35. The standard InChI is InChI=1S/C19H25NO4/c1-15-13-17(19(22)23-2)10-12-20(15)11-6-9-18(21)24-14-16-7-4-3-5-8-16/h3-9,15,17H,10-14H2,1-2H3/b9-6+/t15-,17-/m0/s1. The highest BCUT2D eigenvalue weighted by atomic mass is 16.5. The van der Waals surface area contributed by atoms with E-state index in [1.165, 1.54) is 13.2 Å². The van der Waals surface area contributed by atoms with Gasteiger partial charge in [0.15, 0.2) is 0 Å². The molecule has 1 fully saturated rings. The Morgan fingerprint density at radius 2 is 2.04 bits per heavy atom. The van der Waals surface area contributed by atoms with Gasteiger partial charge in [-0.1, -0.05) is 36.4 Å². The first-order chi connectivity index (χ1) is 11.6. The monoisotopic (exact) mass is 331 g/mol. The highest BCUT2D eigenvalue weighted by Crippen LogP contribution is 2.23. The largest absolute Gasteiger partial charge is 0.469 e. The number of benzene rings is 1. The van der Waals surface area contributed by atoms with Crippen molar-refractivity contribution in [2.45, 2.75) is 32.4 Å². The van der Waals surface area contributed by atoms with Gasteiger partial charge in [-0.2, -0.15) is 0 Å². The predicted octanol–water partition coefficient (Wildman–Crippen LogP) is 2.56. The van der Waals surface area contributed by atoms with Gasteiger partial charge in [0.25, 0.3) is 0 Å². The molecule has 2 atom stereocenters. The van der Waals surface area contributed by atoms with Crippen molar-refractivity contribution in [1.29, 1.82) is 0 Å². The Morgan fingerprint density at radius 3 is 2.71 bits per heavy atom. The molecule has 130 valence electrons. The lowest BCUT2D eigenvalue weighted by atomic mass is 9.92. The quantitative estimate of drug-likeness (QED) is 0.592. The van der Waals surface area contributed by atoms with E-state index in [-0.39, 0.29) is 30.5 Å². The van der Waals surface area contributed by atoms with Gasteiger partial charge in [0, 0.05) is 18.7 Å². The minimum Gasteiger partial charge on any atom is -0.469 e. The third-order valence-corrected chi connectivity index (χ3v) is 4.37. The van der Waals surface area contributed by atoms with E-state index in [1.54, 1.807) is 0 Å². The van der Waals surface area contributed by atoms with Crippen molar-refractivity contribution < 1.29 is 19.1 Å². The van der Waals surface area contributed by atoms with Crippen molar-refractivity contribution in [3.8, 4) is 0 Å². The lowest BCUT2D eigenvalue weighted by molar-refractivity contribution is -0.147. The molecule has 1 aromatic rings. The first kappa shape index (κ1) is 18.2. The van der Waals surface area contributed by atoms with Crippen LogP contribution in [0.3, 0.4) is 0 Å². The van der Waals surface area contributed by atoms with Crippen molar-refractivity contribution in [3.05, 3.63) is 48.0 Å². The van der Waals surface area contributed by atoms with Gasteiger partial charge in [-0.25, -0.2) is 4.79 Å². The average Bonchev–Trinajstić information content (AvgIpc) is 2.61. The van der Waals surface area contributed by atoms with Gasteiger partial charge in [-0.15, -0.1) is 0 Å². The molecule has 1 aromatic carbocycles. The first-order valence-electron chi connectivity index (χ1n) is 8.29. The summed E-state index contributed by atoms with van der Waals surface area (Å²) in [6, 6.07) is 9.88. The number of methoxy groups -OCH3 is 1. The summed E-state index contributed by atoms with van der Waals surface area (Å²) in [6.45, 7) is 3.88. The van der Waals surface area contributed by atoms with Gasteiger partial charge in [0.05, 0.1) is 13.0 Å². The zero-order valence-electron chi connectivity index (χ0n) is 14.3. The fourth-order valence-corrected chi connectivity index (χ4v) is 2.93. The maximum absolute atomic E-state index is 11.7. The minimum atomic E-state index is -0.337. The second-order valence-electron chi connectivity index (χ2n) is 6.08. The van der Waals surface area contributed by atoms with Crippen LogP contribution in [0.4, 0.5) is 0 Å². The molecular weight excluding hydrogens is 306 g/mol. The predicted molar refractivity (Wildman–Crippen MR) is 91.2 cm³/mol. The molecule has 0 aliphatic carbocycles. The summed E-state index contributed by atoms with van der Waals surface area (Å²) in [6.07, 6.45) is 4.88. The number of piperidine rings is 1. The topological polar surface area (TPSA) is 55.8 Å². The van der Waals surface area contributed by atoms with Gasteiger partial charge in [0.1, 0.15) is 6.61 Å². The van der Waals surface area contributed by atoms with Crippen LogP contribution in [0.25, 0.3) is 0 Å². The van der Waals surface area contributed by atoms with E-state index in [1.807, 2.05) is 36.4 Å². The number of ether oxygens (including phenoxy) is 2. The molecule has 0 unspecified atom stereocenters. The van der Waals surface area contributed by atoms with Crippen molar-refractivity contribution in [2.75, 3.05) is 20.2 Å². The van der Waals surface area contributed by atoms with Crippen LogP contribution < -0.4 is 0 Å². The number of esters is 2. The number of carbonyl (C=O) groups is 2. The van der Waals surface area contributed by atoms with Gasteiger partial charge in [0.2, 0.25) is 0 Å². The Labute approximate surface area is 143 Å². The number of rotatable bonds is 6. The highest BCUT2D eigenvalue weighted by Gasteiger charge is 2.29. The van der Waals surface area contributed by atoms with Crippen LogP contribution in [0.2, 0.25) is 0 Å². The molecular formula is C19H25NO4. The number of carbonyl (C=O) groups excluding carboxylic acids is 2. The summed E-state index contributed by atoms with van der Waals surface area (Å²) in [4.78, 5) is 25.6. The molecule has 0 radical (unpaired) electrons. The second kappa shape index (κ2) is 9.23. The molecule has 2 rings (SSSR count). The first-order valence-corrected chi connectivity index (χ1v) is 8.29. The van der Waals surface area contributed by atoms with E-state index in [0.29, 0.717) is 6.54 Å². The molecule has 0 N–H and O–H groups in total. The average molecular weight is 331 g/mol. The van der Waals surface area contributed by atoms with Crippen molar-refractivity contribution >= 4 is 11.9 Å². The Bertz CT molecular complexity index is 570. The van der Waals surface area contributed by atoms with Crippen molar-refractivity contribution in [3.63, 3.8) is 0 Å². The van der Waals surface area contributed by atoms with E-state index < -0.39 is 0 Å². The number of likely N-dealkylation sites (tertiary alicyclic amines) is 1. The second-order valence-corrected chi connectivity index (χ2v) is 6.08. The van der Waals surface area contributed by atoms with Gasteiger partial charge < -0.3 is 9.47 Å². The third-order valence-electron chi connectivity index (χ3n) is 4.37. The molecule has 0 spiro atoms. The number of nitrogens with zero attached hydrogens (tertiary/aromatic N) is 1. The fourth-order valence-electron chi connectivity index (χ4n) is 2.93. The van der Waals surface area contributed by atoms with Crippen LogP contribution in [-0.2, 0) is 25.7 Å². The van der Waals surface area contributed by atoms with Gasteiger partial charge in [-0.3, -0.25) is 9.69 Å². The summed E-state index contributed by atoms with van der Waals surface area (Å²) in [5, 5.41) is 0. The maximum atomic E-state index is 11.7. The molecule has 5 nitrogen and oxygen atoms in total. The van der Waals surface area contributed by atoms with Crippen LogP contribution in [0, 0.1) is 5.92 Å². The maximum Gasteiger partial charge on any atom is 0.330 e. The van der Waals surface area contributed by atoms with Crippen molar-refractivity contribution in [2.24, 2.45) is 5.92 Å². The van der Waals surface area contributed by atoms with E-state index in [2.05, 4.69) is 11.8 Å². The summed E-state index contributed by atoms with van der Waals surface area (Å²) in [7, 11) is 1.43. The molecule has 24 heavy (non-hydrogen) atoms. The molecule has 0 saturated carbocycles. The molecule has 1 heterocycles. The van der Waals surface area contributed by atoms with E-state index >= 15 is 0 Å². The van der Waals surface area contributed by atoms with Crippen LogP contribution in [0.15, 0.2) is 42.5 Å². The Balaban J connectivity index is 1.71. The summed E-state index contributed by atoms with van der Waals surface area (Å²) < 4.78 is 10.0. The minimum absolute atomic E-state index is 0.0129. The molecule has 1 saturated heterocycles. The van der Waals surface area contributed by atoms with Gasteiger partial charge in [-0.05, 0) is 31.9 Å². The normalized spacial score (nSPS) is 21.6. The molecule has 1 aliphatic rings.